The molecule has 0 saturated heterocycles. The molecule has 10 N–H and O–H groups in total. The molecular formula is C42H78N6O4. The number of rotatable bonds is 22. The molecule has 4 fully saturated rings. The summed E-state index contributed by atoms with van der Waals surface area (Å²) in [6, 6.07) is 0.309. The summed E-state index contributed by atoms with van der Waals surface area (Å²) in [5, 5.41) is 20.5. The van der Waals surface area contributed by atoms with E-state index in [9.17, 15) is 19.5 Å². The Morgan fingerprint density at radius 1 is 0.692 bits per heavy atom. The number of nitrogens with two attached hydrogens (primary N) is 3. The van der Waals surface area contributed by atoms with E-state index in [0.717, 1.165) is 116 Å². The average Bonchev–Trinajstić information content (AvgIpc) is 3.48. The molecular weight excluding hydrogens is 652 g/mol. The van der Waals surface area contributed by atoms with Crippen molar-refractivity contribution in [3.63, 3.8) is 0 Å². The maximum Gasteiger partial charge on any atom is 0.220 e. The second-order valence-electron chi connectivity index (χ2n) is 18.0. The third-order valence-electron chi connectivity index (χ3n) is 14.8. The van der Waals surface area contributed by atoms with Crippen LogP contribution in [0.15, 0.2) is 0 Å². The number of carbonyl (C=O) groups is 3. The van der Waals surface area contributed by atoms with Crippen LogP contribution in [0.2, 0.25) is 0 Å². The first kappa shape index (κ1) is 43.0. The minimum atomic E-state index is -0.0919. The summed E-state index contributed by atoms with van der Waals surface area (Å²) in [5.41, 5.74) is 17.1. The molecule has 0 spiro atoms. The Hall–Kier alpha value is -1.75. The number of nitrogens with one attached hydrogen (secondary N) is 3. The summed E-state index contributed by atoms with van der Waals surface area (Å²) in [6.07, 6.45) is 18.9. The number of amides is 3. The molecule has 0 aromatic heterocycles. The van der Waals surface area contributed by atoms with E-state index in [4.69, 9.17) is 17.2 Å². The molecule has 0 heterocycles. The van der Waals surface area contributed by atoms with E-state index in [-0.39, 0.29) is 53.3 Å². The van der Waals surface area contributed by atoms with E-state index in [1.807, 2.05) is 0 Å². The fraction of sp³-hybridized carbons (Fsp3) is 0.929. The van der Waals surface area contributed by atoms with Crippen LogP contribution in [0, 0.1) is 46.3 Å². The van der Waals surface area contributed by atoms with Crippen LogP contribution in [0.4, 0.5) is 0 Å². The van der Waals surface area contributed by atoms with Gasteiger partial charge in [0, 0.05) is 44.0 Å². The van der Waals surface area contributed by atoms with Gasteiger partial charge in [-0.15, -0.1) is 0 Å². The Kier molecular flexibility index (Phi) is 17.2. The van der Waals surface area contributed by atoms with Crippen molar-refractivity contribution in [3.8, 4) is 0 Å². The zero-order chi connectivity index (χ0) is 37.7. The van der Waals surface area contributed by atoms with Crippen molar-refractivity contribution in [3.05, 3.63) is 0 Å². The maximum absolute atomic E-state index is 13.7. The quantitative estimate of drug-likeness (QED) is 0.0739. The van der Waals surface area contributed by atoms with Gasteiger partial charge in [0.05, 0.1) is 0 Å². The van der Waals surface area contributed by atoms with E-state index in [2.05, 4.69) is 36.7 Å². The summed E-state index contributed by atoms with van der Waals surface area (Å²) < 4.78 is 0. The molecule has 0 radical (unpaired) electrons. The van der Waals surface area contributed by atoms with Crippen LogP contribution in [0.1, 0.15) is 156 Å². The fourth-order valence-electron chi connectivity index (χ4n) is 12.0. The number of hydrogen-bond acceptors (Lipinski definition) is 7. The number of aliphatic hydroxyl groups is 1. The zero-order valence-corrected chi connectivity index (χ0v) is 33.3. The van der Waals surface area contributed by atoms with Crippen LogP contribution >= 0.6 is 0 Å². The third kappa shape index (κ3) is 10.5. The van der Waals surface area contributed by atoms with Gasteiger partial charge in [-0.3, -0.25) is 14.4 Å². The van der Waals surface area contributed by atoms with Crippen LogP contribution in [-0.4, -0.2) is 67.2 Å². The number of hydrogen-bond donors (Lipinski definition) is 7. The van der Waals surface area contributed by atoms with Crippen molar-refractivity contribution in [2.45, 2.75) is 174 Å². The average molecular weight is 731 g/mol. The molecule has 52 heavy (non-hydrogen) atoms. The molecule has 11 atom stereocenters. The van der Waals surface area contributed by atoms with Gasteiger partial charge in [0.25, 0.3) is 0 Å². The van der Waals surface area contributed by atoms with Crippen LogP contribution in [0.5, 0.6) is 0 Å². The molecule has 5 unspecified atom stereocenters. The molecule has 300 valence electrons. The largest absolute Gasteiger partial charge is 0.396 e. The first-order chi connectivity index (χ1) is 25.0. The topological polar surface area (TPSA) is 186 Å². The van der Waals surface area contributed by atoms with Crippen molar-refractivity contribution < 1.29 is 19.5 Å². The van der Waals surface area contributed by atoms with Gasteiger partial charge in [0.1, 0.15) is 0 Å². The number of fused-ring (bicyclic) bond motifs is 5. The summed E-state index contributed by atoms with van der Waals surface area (Å²) in [5.74, 6) is 2.84. The number of unbranched alkanes of at least 4 members (excludes halogenated alkanes) is 6. The van der Waals surface area contributed by atoms with Crippen molar-refractivity contribution in [1.82, 2.24) is 16.0 Å². The van der Waals surface area contributed by atoms with Gasteiger partial charge in [-0.2, -0.15) is 0 Å². The van der Waals surface area contributed by atoms with Gasteiger partial charge in [-0.1, -0.05) is 40.0 Å². The minimum Gasteiger partial charge on any atom is -0.396 e. The fourth-order valence-corrected chi connectivity index (χ4v) is 12.0. The highest BCUT2D eigenvalue weighted by Gasteiger charge is 2.66. The van der Waals surface area contributed by atoms with E-state index < -0.39 is 0 Å². The predicted octanol–water partition coefficient (Wildman–Crippen LogP) is 5.29. The van der Waals surface area contributed by atoms with Gasteiger partial charge in [0.15, 0.2) is 0 Å². The Balaban J connectivity index is 1.62. The summed E-state index contributed by atoms with van der Waals surface area (Å²) in [6.45, 7) is 9.53. The molecule has 4 rings (SSSR count). The van der Waals surface area contributed by atoms with Gasteiger partial charge < -0.3 is 38.3 Å². The van der Waals surface area contributed by atoms with Crippen molar-refractivity contribution >= 4 is 17.7 Å². The lowest BCUT2D eigenvalue weighted by atomic mass is 9.42. The first-order valence-electron chi connectivity index (χ1n) is 21.6. The van der Waals surface area contributed by atoms with Gasteiger partial charge in [-0.05, 0) is 162 Å². The monoisotopic (exact) mass is 731 g/mol. The predicted molar refractivity (Wildman–Crippen MR) is 210 cm³/mol. The van der Waals surface area contributed by atoms with Crippen molar-refractivity contribution in [2.75, 3.05) is 26.2 Å². The second-order valence-corrected chi connectivity index (χ2v) is 18.0. The highest BCUT2D eigenvalue weighted by molar-refractivity contribution is 5.77. The molecule has 0 aliphatic heterocycles. The van der Waals surface area contributed by atoms with Crippen LogP contribution in [-0.2, 0) is 14.4 Å². The van der Waals surface area contributed by atoms with Crippen LogP contribution < -0.4 is 33.2 Å². The van der Waals surface area contributed by atoms with E-state index in [1.165, 1.54) is 0 Å². The van der Waals surface area contributed by atoms with Crippen molar-refractivity contribution in [2.24, 2.45) is 63.5 Å². The zero-order valence-electron chi connectivity index (χ0n) is 33.3. The summed E-state index contributed by atoms with van der Waals surface area (Å²) >= 11 is 0. The molecule has 4 aliphatic carbocycles. The lowest BCUT2D eigenvalue weighted by molar-refractivity contribution is -0.154. The number of aliphatic hydroxyl groups excluding tert-OH is 1. The molecule has 10 nitrogen and oxygen atoms in total. The Labute approximate surface area is 316 Å². The van der Waals surface area contributed by atoms with Gasteiger partial charge in [0.2, 0.25) is 17.7 Å². The van der Waals surface area contributed by atoms with Gasteiger partial charge in [-0.25, -0.2) is 0 Å². The minimum absolute atomic E-state index is 0.0685. The van der Waals surface area contributed by atoms with Crippen LogP contribution in [0.25, 0.3) is 0 Å². The Morgan fingerprint density at radius 2 is 1.27 bits per heavy atom. The molecule has 10 heteroatoms. The highest BCUT2D eigenvalue weighted by atomic mass is 16.3. The Morgan fingerprint density at radius 3 is 1.85 bits per heavy atom. The standard InChI is InChI=1S/C42H78N6O4/c1-29(14-13-25-49)32-18-19-33-40-34(28-36(42(32,33)3)48-39(52)17-9-6-12-24-45)41(2)21-20-31(46-37(50)15-7-4-10-22-43)26-30(41)27-35(40)47-38(51)16-8-5-11-23-44/h29-36,40,49H,4-28,43-45H2,1-3H3,(H,46,50)(H,47,51)(H,48,52)/t29-,30?,31-,32?,33+,34+,35-,36+,40?,41?,42?/m1/s1. The molecule has 4 aliphatic rings. The van der Waals surface area contributed by atoms with Crippen LogP contribution in [0.3, 0.4) is 0 Å². The Bertz CT molecular complexity index is 1120. The molecule has 3 amide bonds. The van der Waals surface area contributed by atoms with Crippen molar-refractivity contribution in [1.29, 1.82) is 0 Å². The van der Waals surface area contributed by atoms with E-state index >= 15 is 0 Å². The third-order valence-corrected chi connectivity index (χ3v) is 14.8. The highest BCUT2D eigenvalue weighted by Crippen LogP contribution is 2.68. The lowest BCUT2D eigenvalue weighted by Gasteiger charge is -2.65. The first-order valence-corrected chi connectivity index (χ1v) is 21.6. The number of carbonyl (C=O) groups excluding carboxylic acids is 3. The lowest BCUT2D eigenvalue weighted by Crippen LogP contribution is -2.67. The normalized spacial score (nSPS) is 34.4. The van der Waals surface area contributed by atoms with E-state index in [1.54, 1.807) is 0 Å². The molecule has 4 saturated carbocycles. The SMILES string of the molecule is C[C@H](CCCO)C1CC[C@H]2C3[C@H](NC(=O)CCCCCN)CC4C[C@H](NC(=O)CCCCCN)CCC4(C)[C@H]3C[C@H](NC(=O)CCCCCN)C12C. The molecule has 0 aromatic rings. The second kappa shape index (κ2) is 20.8. The van der Waals surface area contributed by atoms with E-state index in [0.29, 0.717) is 74.4 Å². The maximum atomic E-state index is 13.7. The summed E-state index contributed by atoms with van der Waals surface area (Å²) in [4.78, 5) is 40.4. The summed E-state index contributed by atoms with van der Waals surface area (Å²) in [7, 11) is 0. The smallest absolute Gasteiger partial charge is 0.220 e. The molecule has 0 bridgehead atoms. The molecule has 0 aromatic carbocycles. The van der Waals surface area contributed by atoms with Gasteiger partial charge >= 0.3 is 0 Å².